The normalized spacial score (nSPS) is 44.4. The molecule has 0 aliphatic heterocycles. The monoisotopic (exact) mass is 492 g/mol. The third-order valence-corrected chi connectivity index (χ3v) is 10.9. The van der Waals surface area contributed by atoms with Gasteiger partial charge in [0.1, 0.15) is 5.78 Å². The first-order chi connectivity index (χ1) is 16.1. The van der Waals surface area contributed by atoms with Crippen LogP contribution < -0.4 is 0 Å². The van der Waals surface area contributed by atoms with E-state index in [0.29, 0.717) is 25.7 Å². The quantitative estimate of drug-likeness (QED) is 0.421. The molecule has 4 aliphatic rings. The number of methoxy groups -OCH3 is 1. The smallest absolute Gasteiger partial charge is 0.143 e. The van der Waals surface area contributed by atoms with Crippen LogP contribution in [0.3, 0.4) is 0 Å². The van der Waals surface area contributed by atoms with Crippen molar-refractivity contribution in [2.24, 2.45) is 34.5 Å². The summed E-state index contributed by atoms with van der Waals surface area (Å²) in [6.45, 7) is 11.7. The molecule has 6 heteroatoms. The fourth-order valence-corrected chi connectivity index (χ4v) is 8.83. The van der Waals surface area contributed by atoms with Crippen LogP contribution in [0.25, 0.3) is 0 Å². The van der Waals surface area contributed by atoms with Gasteiger partial charge in [0.2, 0.25) is 0 Å². The van der Waals surface area contributed by atoms with Gasteiger partial charge in [-0.2, -0.15) is 0 Å². The summed E-state index contributed by atoms with van der Waals surface area (Å²) in [4.78, 5) is 13.8. The van der Waals surface area contributed by atoms with Gasteiger partial charge in [-0.15, -0.1) is 0 Å². The number of ether oxygens (including phenoxy) is 1. The summed E-state index contributed by atoms with van der Waals surface area (Å²) >= 11 is 0. The summed E-state index contributed by atoms with van der Waals surface area (Å²) in [6, 6.07) is 0. The molecular weight excluding hydrogens is 444 g/mol. The molecule has 4 N–H and O–H groups in total. The molecule has 0 spiro atoms. The average Bonchev–Trinajstić information content (AvgIpc) is 3.12. The number of fused-ring (bicyclic) bond motifs is 4. The molecule has 3 fully saturated rings. The summed E-state index contributed by atoms with van der Waals surface area (Å²) in [6.07, 6.45) is 3.58. The number of rotatable bonds is 6. The van der Waals surface area contributed by atoms with Crippen LogP contribution in [0.15, 0.2) is 11.1 Å². The Hall–Kier alpha value is -0.790. The van der Waals surface area contributed by atoms with Gasteiger partial charge in [0.15, 0.2) is 0 Å². The number of carbonyl (C=O) groups excluding carboxylic acids is 1. The summed E-state index contributed by atoms with van der Waals surface area (Å²) in [7, 11) is 1.62. The molecule has 200 valence electrons. The maximum absolute atomic E-state index is 13.8. The lowest BCUT2D eigenvalue weighted by Crippen LogP contribution is -2.58. The van der Waals surface area contributed by atoms with Crippen LogP contribution in [0.4, 0.5) is 0 Å². The third-order valence-electron chi connectivity index (χ3n) is 10.9. The van der Waals surface area contributed by atoms with E-state index in [1.165, 1.54) is 11.1 Å². The zero-order valence-corrected chi connectivity index (χ0v) is 22.8. The number of aliphatic hydroxyl groups is 4. The average molecular weight is 493 g/mol. The molecule has 0 amide bonds. The first-order valence-electron chi connectivity index (χ1n) is 13.7. The van der Waals surface area contributed by atoms with E-state index < -0.39 is 23.4 Å². The topological polar surface area (TPSA) is 107 Å². The maximum atomic E-state index is 13.8. The molecule has 0 saturated heterocycles. The molecule has 0 aromatic heterocycles. The van der Waals surface area contributed by atoms with Gasteiger partial charge >= 0.3 is 0 Å². The molecule has 0 aromatic carbocycles. The molecule has 3 saturated carbocycles. The highest BCUT2D eigenvalue weighted by Gasteiger charge is 2.62. The molecule has 4 aliphatic carbocycles. The van der Waals surface area contributed by atoms with E-state index in [9.17, 15) is 25.2 Å². The van der Waals surface area contributed by atoms with Crippen molar-refractivity contribution in [1.82, 2.24) is 0 Å². The Morgan fingerprint density at radius 3 is 2.40 bits per heavy atom. The number of Topliss-reactive ketones (excluding diaryl/α,β-unsaturated/α-hetero) is 1. The fourth-order valence-electron chi connectivity index (χ4n) is 8.83. The molecule has 0 unspecified atom stereocenters. The van der Waals surface area contributed by atoms with Crippen molar-refractivity contribution in [2.75, 3.05) is 7.11 Å². The SMILES string of the molecule is CO[C@@H]1C[C@H]2C(=O)[C@@H](C)C3=C4CC[C@H]([C@@](C)(O)[C@H](O)CCC(C)(C)O)[C@@]4(C)CC[C@@H]3[C@@]2(C)C[C@@H]1O. The largest absolute Gasteiger partial charge is 0.390 e. The Bertz CT molecular complexity index is 871. The number of allylic oxidation sites excluding steroid dienone is 2. The van der Waals surface area contributed by atoms with Gasteiger partial charge in [-0.25, -0.2) is 0 Å². The highest BCUT2D eigenvalue weighted by Crippen LogP contribution is 2.66. The molecule has 0 heterocycles. The Kier molecular flexibility index (Phi) is 6.93. The van der Waals surface area contributed by atoms with E-state index in [-0.39, 0.29) is 46.4 Å². The zero-order chi connectivity index (χ0) is 26.1. The number of carbonyl (C=O) groups is 1. The van der Waals surface area contributed by atoms with Crippen LogP contribution in [0.5, 0.6) is 0 Å². The minimum atomic E-state index is -1.28. The van der Waals surface area contributed by atoms with Crippen molar-refractivity contribution in [3.05, 3.63) is 11.1 Å². The first kappa shape index (κ1) is 27.3. The number of hydrogen-bond donors (Lipinski definition) is 4. The predicted molar refractivity (Wildman–Crippen MR) is 135 cm³/mol. The maximum Gasteiger partial charge on any atom is 0.143 e. The van der Waals surface area contributed by atoms with Gasteiger partial charge < -0.3 is 25.2 Å². The summed E-state index contributed by atoms with van der Waals surface area (Å²) in [5, 5.41) is 43.7. The van der Waals surface area contributed by atoms with Gasteiger partial charge in [0, 0.05) is 18.9 Å². The molecule has 0 bridgehead atoms. The second-order valence-electron chi connectivity index (χ2n) is 13.6. The lowest BCUT2D eigenvalue weighted by atomic mass is 9.46. The number of ketones is 1. The summed E-state index contributed by atoms with van der Waals surface area (Å²) in [5.74, 6) is 0.139. The summed E-state index contributed by atoms with van der Waals surface area (Å²) in [5.41, 5.74) is -0.152. The second-order valence-corrected chi connectivity index (χ2v) is 13.6. The Labute approximate surface area is 211 Å². The van der Waals surface area contributed by atoms with Gasteiger partial charge in [-0.05, 0) is 94.8 Å². The lowest BCUT2D eigenvalue weighted by molar-refractivity contribution is -0.157. The van der Waals surface area contributed by atoms with Crippen LogP contribution in [0.1, 0.15) is 92.9 Å². The van der Waals surface area contributed by atoms with Crippen molar-refractivity contribution < 1.29 is 30.0 Å². The Morgan fingerprint density at radius 2 is 1.80 bits per heavy atom. The van der Waals surface area contributed by atoms with E-state index in [1.807, 2.05) is 0 Å². The molecule has 0 radical (unpaired) electrons. The van der Waals surface area contributed by atoms with Gasteiger partial charge in [0.05, 0.1) is 29.5 Å². The van der Waals surface area contributed by atoms with Crippen molar-refractivity contribution in [3.8, 4) is 0 Å². The highest BCUT2D eigenvalue weighted by molar-refractivity contribution is 5.88. The van der Waals surface area contributed by atoms with Crippen LogP contribution in [-0.4, -0.2) is 62.8 Å². The van der Waals surface area contributed by atoms with E-state index in [0.717, 1.165) is 25.7 Å². The minimum Gasteiger partial charge on any atom is -0.390 e. The zero-order valence-electron chi connectivity index (χ0n) is 22.8. The first-order valence-corrected chi connectivity index (χ1v) is 13.7. The van der Waals surface area contributed by atoms with Crippen LogP contribution >= 0.6 is 0 Å². The molecule has 4 rings (SSSR count). The van der Waals surface area contributed by atoms with Crippen LogP contribution in [0.2, 0.25) is 0 Å². The minimum absolute atomic E-state index is 0.103. The van der Waals surface area contributed by atoms with Crippen molar-refractivity contribution in [3.63, 3.8) is 0 Å². The molecule has 0 aromatic rings. The predicted octanol–water partition coefficient (Wildman–Crippen LogP) is 3.78. The van der Waals surface area contributed by atoms with E-state index in [2.05, 4.69) is 20.8 Å². The molecule has 10 atom stereocenters. The van der Waals surface area contributed by atoms with Crippen LogP contribution in [-0.2, 0) is 9.53 Å². The van der Waals surface area contributed by atoms with Gasteiger partial charge in [0.25, 0.3) is 0 Å². The summed E-state index contributed by atoms with van der Waals surface area (Å²) < 4.78 is 5.54. The van der Waals surface area contributed by atoms with E-state index in [1.54, 1.807) is 27.9 Å². The number of hydrogen-bond acceptors (Lipinski definition) is 6. The van der Waals surface area contributed by atoms with Gasteiger partial charge in [-0.1, -0.05) is 31.9 Å². The fraction of sp³-hybridized carbons (Fsp3) is 0.897. The third kappa shape index (κ3) is 4.25. The van der Waals surface area contributed by atoms with Crippen molar-refractivity contribution >= 4 is 5.78 Å². The number of aliphatic hydroxyl groups excluding tert-OH is 2. The Morgan fingerprint density at radius 1 is 1.14 bits per heavy atom. The lowest BCUT2D eigenvalue weighted by Gasteiger charge is -2.58. The molecule has 35 heavy (non-hydrogen) atoms. The van der Waals surface area contributed by atoms with E-state index in [4.69, 9.17) is 4.74 Å². The molecule has 6 nitrogen and oxygen atoms in total. The van der Waals surface area contributed by atoms with Crippen molar-refractivity contribution in [1.29, 1.82) is 0 Å². The van der Waals surface area contributed by atoms with Gasteiger partial charge in [-0.3, -0.25) is 4.79 Å². The van der Waals surface area contributed by atoms with Crippen LogP contribution in [0, 0.1) is 34.5 Å². The Balaban J connectivity index is 1.68. The highest BCUT2D eigenvalue weighted by atomic mass is 16.5. The molecular formula is C29H48O6. The van der Waals surface area contributed by atoms with Crippen molar-refractivity contribution in [2.45, 2.75) is 122 Å². The second kappa shape index (κ2) is 8.90. The van der Waals surface area contributed by atoms with E-state index >= 15 is 0 Å². The standard InChI is InChI=1S/C29H48O6/c1-16-24-17-8-9-22(29(6,34)23(31)11-12-26(2,3)33)27(17,4)13-10-18(24)28(5)15-20(30)21(35-7)14-19(28)25(16)32/h16,18-23,30-31,33-34H,8-15H2,1-7H3/t16-,18-,19-,20-,21+,22-,23+,27-,28+,29+/m0/s1.